The van der Waals surface area contributed by atoms with Crippen LogP contribution < -0.4 is 10.2 Å². The Morgan fingerprint density at radius 1 is 1.22 bits per heavy atom. The van der Waals surface area contributed by atoms with Crippen molar-refractivity contribution in [1.82, 2.24) is 15.2 Å². The Balaban J connectivity index is 1.45. The molecule has 176 valence electrons. The Bertz CT molecular complexity index is 854. The van der Waals surface area contributed by atoms with Gasteiger partial charge >= 0.3 is 12.3 Å². The molecule has 8 nitrogen and oxygen atoms in total. The molecule has 3 fully saturated rings. The van der Waals surface area contributed by atoms with Crippen LogP contribution in [-0.4, -0.2) is 72.4 Å². The van der Waals surface area contributed by atoms with E-state index in [0.717, 1.165) is 24.8 Å². The summed E-state index contributed by atoms with van der Waals surface area (Å²) in [6.07, 6.45) is -1.97. The molecule has 0 aromatic carbocycles. The maximum absolute atomic E-state index is 13.7. The minimum absolute atomic E-state index is 0.000611. The van der Waals surface area contributed by atoms with Crippen LogP contribution in [0.3, 0.4) is 0 Å². The summed E-state index contributed by atoms with van der Waals surface area (Å²) >= 11 is 0. The zero-order chi connectivity index (χ0) is 22.9. The number of ether oxygens (including phenoxy) is 1. The first kappa shape index (κ1) is 22.6. The number of pyridine rings is 1. The lowest BCUT2D eigenvalue weighted by Gasteiger charge is -2.42. The van der Waals surface area contributed by atoms with Crippen LogP contribution in [0.2, 0.25) is 0 Å². The summed E-state index contributed by atoms with van der Waals surface area (Å²) in [5, 5.41) is 11.6. The third-order valence-electron chi connectivity index (χ3n) is 6.98. The normalized spacial score (nSPS) is 28.7. The van der Waals surface area contributed by atoms with E-state index in [4.69, 9.17) is 9.84 Å². The number of anilines is 1. The number of carbonyl (C=O) groups excluding carboxylic acids is 1. The van der Waals surface area contributed by atoms with E-state index in [-0.39, 0.29) is 23.7 Å². The maximum Gasteiger partial charge on any atom is 0.416 e. The number of rotatable bonds is 4. The molecule has 1 aromatic heterocycles. The van der Waals surface area contributed by atoms with Crippen molar-refractivity contribution in [2.75, 3.05) is 44.3 Å². The van der Waals surface area contributed by atoms with Crippen molar-refractivity contribution in [1.29, 1.82) is 0 Å². The van der Waals surface area contributed by atoms with Gasteiger partial charge in [-0.2, -0.15) is 13.2 Å². The number of nitrogens with one attached hydrogen (secondary N) is 1. The first-order chi connectivity index (χ1) is 15.2. The van der Waals surface area contributed by atoms with Gasteiger partial charge in [-0.25, -0.2) is 9.78 Å². The SMILES string of the molecule is O=C(O)N[C@@H]1CCC(C(=O)N2CCN(c3cc(C(F)(F)F)ccn3)CC2)([C@@H]2CCOC2)C1. The second kappa shape index (κ2) is 8.76. The molecule has 11 heteroatoms. The van der Waals surface area contributed by atoms with Gasteiger partial charge in [-0.1, -0.05) is 0 Å². The van der Waals surface area contributed by atoms with Crippen LogP contribution in [0.1, 0.15) is 31.2 Å². The summed E-state index contributed by atoms with van der Waals surface area (Å²) in [7, 11) is 0. The average molecular weight is 456 g/mol. The summed E-state index contributed by atoms with van der Waals surface area (Å²) in [6, 6.07) is 1.71. The van der Waals surface area contributed by atoms with Gasteiger partial charge in [0, 0.05) is 45.0 Å². The van der Waals surface area contributed by atoms with Gasteiger partial charge in [0.1, 0.15) is 5.82 Å². The number of halogens is 3. The number of nitrogens with zero attached hydrogens (tertiary/aromatic N) is 3. The minimum Gasteiger partial charge on any atom is -0.465 e. The molecule has 32 heavy (non-hydrogen) atoms. The second-order valence-corrected chi connectivity index (χ2v) is 8.79. The number of hydrogen-bond donors (Lipinski definition) is 2. The number of aromatic nitrogens is 1. The number of alkyl halides is 3. The van der Waals surface area contributed by atoms with Crippen LogP contribution in [0, 0.1) is 11.3 Å². The quantitative estimate of drug-likeness (QED) is 0.723. The number of carboxylic acid groups (broad SMARTS) is 1. The van der Waals surface area contributed by atoms with Crippen molar-refractivity contribution in [3.05, 3.63) is 23.9 Å². The number of carbonyl (C=O) groups is 2. The lowest BCUT2D eigenvalue weighted by molar-refractivity contribution is -0.146. The summed E-state index contributed by atoms with van der Waals surface area (Å²) in [6.45, 7) is 2.60. The van der Waals surface area contributed by atoms with Gasteiger partial charge in [-0.05, 0) is 43.7 Å². The monoisotopic (exact) mass is 456 g/mol. The highest BCUT2D eigenvalue weighted by Crippen LogP contribution is 2.49. The van der Waals surface area contributed by atoms with Crippen molar-refractivity contribution >= 4 is 17.8 Å². The summed E-state index contributed by atoms with van der Waals surface area (Å²) in [5.74, 6) is 0.288. The molecule has 4 rings (SSSR count). The molecule has 3 atom stereocenters. The Kier molecular flexibility index (Phi) is 6.19. The molecule has 2 amide bonds. The van der Waals surface area contributed by atoms with E-state index in [9.17, 15) is 22.8 Å². The van der Waals surface area contributed by atoms with Crippen LogP contribution in [0.15, 0.2) is 18.3 Å². The zero-order valence-electron chi connectivity index (χ0n) is 17.6. The molecule has 1 aromatic rings. The van der Waals surface area contributed by atoms with Gasteiger partial charge in [0.05, 0.1) is 17.6 Å². The smallest absolute Gasteiger partial charge is 0.416 e. The molecule has 2 aliphatic heterocycles. The van der Waals surface area contributed by atoms with E-state index in [2.05, 4.69) is 10.3 Å². The number of amides is 2. The van der Waals surface area contributed by atoms with E-state index in [1.165, 1.54) is 0 Å². The summed E-state index contributed by atoms with van der Waals surface area (Å²) < 4.78 is 44.6. The molecular weight excluding hydrogens is 429 g/mol. The Morgan fingerprint density at radius 2 is 1.97 bits per heavy atom. The zero-order valence-corrected chi connectivity index (χ0v) is 17.6. The van der Waals surface area contributed by atoms with E-state index in [1.807, 2.05) is 0 Å². The van der Waals surface area contributed by atoms with Gasteiger partial charge in [0.15, 0.2) is 0 Å². The predicted molar refractivity (Wildman–Crippen MR) is 108 cm³/mol. The van der Waals surface area contributed by atoms with E-state index in [0.29, 0.717) is 58.7 Å². The second-order valence-electron chi connectivity index (χ2n) is 8.79. The molecule has 3 aliphatic rings. The molecule has 2 N–H and O–H groups in total. The Morgan fingerprint density at radius 3 is 2.59 bits per heavy atom. The third-order valence-corrected chi connectivity index (χ3v) is 6.98. The van der Waals surface area contributed by atoms with Crippen LogP contribution in [-0.2, 0) is 15.7 Å². The van der Waals surface area contributed by atoms with E-state index in [1.54, 1.807) is 9.80 Å². The minimum atomic E-state index is -4.44. The summed E-state index contributed by atoms with van der Waals surface area (Å²) in [4.78, 5) is 32.4. The number of piperazine rings is 1. The van der Waals surface area contributed by atoms with Gasteiger partial charge in [0.25, 0.3) is 0 Å². The fourth-order valence-corrected chi connectivity index (χ4v) is 5.30. The van der Waals surface area contributed by atoms with Crippen LogP contribution in [0.5, 0.6) is 0 Å². The van der Waals surface area contributed by atoms with Gasteiger partial charge in [-0.3, -0.25) is 4.79 Å². The lowest BCUT2D eigenvalue weighted by atomic mass is 9.72. The summed E-state index contributed by atoms with van der Waals surface area (Å²) in [5.41, 5.74) is -1.41. The highest BCUT2D eigenvalue weighted by molar-refractivity contribution is 5.84. The topological polar surface area (TPSA) is 95.0 Å². The van der Waals surface area contributed by atoms with Crippen molar-refractivity contribution < 1.29 is 32.6 Å². The Labute approximate surface area is 183 Å². The van der Waals surface area contributed by atoms with Gasteiger partial charge in [0.2, 0.25) is 5.91 Å². The molecule has 1 unspecified atom stereocenters. The van der Waals surface area contributed by atoms with E-state index >= 15 is 0 Å². The van der Waals surface area contributed by atoms with E-state index < -0.39 is 23.2 Å². The average Bonchev–Trinajstić information content (AvgIpc) is 3.43. The van der Waals surface area contributed by atoms with Crippen LogP contribution in [0.4, 0.5) is 23.8 Å². The van der Waals surface area contributed by atoms with Crippen molar-refractivity contribution in [2.24, 2.45) is 11.3 Å². The fourth-order valence-electron chi connectivity index (χ4n) is 5.30. The number of hydrogen-bond acceptors (Lipinski definition) is 5. The molecular formula is C21H27F3N4O4. The standard InChI is InChI=1S/C21H27F3N4O4/c22-21(23,24)14-2-5-25-17(11-14)27-6-8-28(9-7-27)18(29)20(15-3-10-32-13-15)4-1-16(12-20)26-19(30)31/h2,5,11,15-16,26H,1,3-4,6-10,12-13H2,(H,30,31)/t15-,16-,20?/m1/s1. The third kappa shape index (κ3) is 4.48. The molecule has 2 saturated heterocycles. The van der Waals surface area contributed by atoms with Crippen molar-refractivity contribution in [3.63, 3.8) is 0 Å². The highest BCUT2D eigenvalue weighted by atomic mass is 19.4. The molecule has 0 radical (unpaired) electrons. The fraction of sp³-hybridized carbons (Fsp3) is 0.667. The van der Waals surface area contributed by atoms with Crippen LogP contribution in [0.25, 0.3) is 0 Å². The lowest BCUT2D eigenvalue weighted by Crippen LogP contribution is -2.55. The van der Waals surface area contributed by atoms with Gasteiger partial charge < -0.3 is 25.0 Å². The molecule has 3 heterocycles. The van der Waals surface area contributed by atoms with Gasteiger partial charge in [-0.15, -0.1) is 0 Å². The maximum atomic E-state index is 13.7. The Hall–Kier alpha value is -2.56. The predicted octanol–water partition coefficient (Wildman–Crippen LogP) is 2.59. The van der Waals surface area contributed by atoms with Crippen molar-refractivity contribution in [2.45, 2.75) is 37.9 Å². The molecule has 1 aliphatic carbocycles. The molecule has 0 bridgehead atoms. The van der Waals surface area contributed by atoms with Crippen LogP contribution >= 0.6 is 0 Å². The van der Waals surface area contributed by atoms with Crippen molar-refractivity contribution in [3.8, 4) is 0 Å². The first-order valence-corrected chi connectivity index (χ1v) is 10.8. The largest absolute Gasteiger partial charge is 0.465 e. The molecule has 0 spiro atoms. The molecule has 1 saturated carbocycles. The highest BCUT2D eigenvalue weighted by Gasteiger charge is 2.53. The first-order valence-electron chi connectivity index (χ1n) is 10.8.